The number of primary amides is 1. The Hall–Kier alpha value is -1.86. The molecule has 0 aromatic heterocycles. The molecule has 0 bridgehead atoms. The van der Waals surface area contributed by atoms with Gasteiger partial charge < -0.3 is 5.73 Å². The van der Waals surface area contributed by atoms with E-state index in [0.29, 0.717) is 15.7 Å². The number of sulfonamides is 1. The number of nitrogens with two attached hydrogens (primary N) is 1. The number of hydrogen-bond acceptors (Lipinski definition) is 3. The zero-order chi connectivity index (χ0) is 17.0. The van der Waals surface area contributed by atoms with Crippen molar-refractivity contribution in [2.24, 2.45) is 5.73 Å². The topological polar surface area (TPSA) is 80.5 Å². The molecule has 0 atom stereocenters. The first-order chi connectivity index (χ1) is 10.8. The van der Waals surface area contributed by atoms with Crippen LogP contribution in [0.2, 0.25) is 0 Å². The predicted molar refractivity (Wildman–Crippen MR) is 93.7 cm³/mol. The summed E-state index contributed by atoms with van der Waals surface area (Å²) in [7, 11) is -3.81. The van der Waals surface area contributed by atoms with Crippen molar-refractivity contribution in [3.05, 3.63) is 58.6 Å². The van der Waals surface area contributed by atoms with Gasteiger partial charge >= 0.3 is 0 Å². The Labute approximate surface area is 144 Å². The van der Waals surface area contributed by atoms with Gasteiger partial charge in [0.1, 0.15) is 0 Å². The third kappa shape index (κ3) is 4.11. The van der Waals surface area contributed by atoms with Gasteiger partial charge in [0, 0.05) is 17.4 Å². The number of rotatable bonds is 6. The van der Waals surface area contributed by atoms with Crippen molar-refractivity contribution in [2.75, 3.05) is 10.8 Å². The molecule has 2 aromatic rings. The van der Waals surface area contributed by atoms with Crippen molar-refractivity contribution < 1.29 is 13.2 Å². The van der Waals surface area contributed by atoms with Gasteiger partial charge in [-0.05, 0) is 36.8 Å². The number of amides is 1. The third-order valence-electron chi connectivity index (χ3n) is 3.32. The van der Waals surface area contributed by atoms with Crippen molar-refractivity contribution >= 4 is 37.5 Å². The zero-order valence-electron chi connectivity index (χ0n) is 12.6. The quantitative estimate of drug-likeness (QED) is 0.814. The number of halogens is 1. The van der Waals surface area contributed by atoms with Crippen LogP contribution < -0.4 is 10.0 Å². The average molecular weight is 397 g/mol. The van der Waals surface area contributed by atoms with Gasteiger partial charge in [0.2, 0.25) is 5.91 Å². The number of para-hydroxylation sites is 1. The fourth-order valence-electron chi connectivity index (χ4n) is 2.16. The van der Waals surface area contributed by atoms with Crippen LogP contribution in [0.1, 0.15) is 12.0 Å². The lowest BCUT2D eigenvalue weighted by molar-refractivity contribution is -0.117. The Kier molecular flexibility index (Phi) is 5.43. The Morgan fingerprint density at radius 3 is 2.43 bits per heavy atom. The van der Waals surface area contributed by atoms with E-state index in [-0.39, 0.29) is 17.9 Å². The van der Waals surface area contributed by atoms with Crippen molar-refractivity contribution in [2.45, 2.75) is 18.2 Å². The molecule has 0 aliphatic heterocycles. The molecule has 0 saturated carbocycles. The van der Waals surface area contributed by atoms with E-state index >= 15 is 0 Å². The molecular formula is C16H17BrN2O3S. The molecule has 0 unspecified atom stereocenters. The van der Waals surface area contributed by atoms with E-state index < -0.39 is 15.9 Å². The second-order valence-corrected chi connectivity index (χ2v) is 7.79. The smallest absolute Gasteiger partial charge is 0.264 e. The molecule has 2 N–H and O–H groups in total. The van der Waals surface area contributed by atoms with Gasteiger partial charge in [-0.1, -0.05) is 40.2 Å². The lowest BCUT2D eigenvalue weighted by atomic mass is 10.2. The van der Waals surface area contributed by atoms with Crippen LogP contribution in [0.3, 0.4) is 0 Å². The number of benzene rings is 2. The number of carbonyl (C=O) groups is 1. The van der Waals surface area contributed by atoms with E-state index in [4.69, 9.17) is 5.73 Å². The van der Waals surface area contributed by atoms with Crippen LogP contribution in [0.5, 0.6) is 0 Å². The third-order valence-corrected chi connectivity index (χ3v) is 5.79. The fourth-order valence-corrected chi connectivity index (χ4v) is 4.40. The molecular weight excluding hydrogens is 380 g/mol. The average Bonchev–Trinajstić information content (AvgIpc) is 2.50. The van der Waals surface area contributed by atoms with Crippen LogP contribution in [-0.2, 0) is 14.8 Å². The largest absolute Gasteiger partial charge is 0.370 e. The highest BCUT2D eigenvalue weighted by Gasteiger charge is 2.26. The first kappa shape index (κ1) is 17.5. The Bertz CT molecular complexity index is 807. The summed E-state index contributed by atoms with van der Waals surface area (Å²) in [4.78, 5) is 11.3. The summed E-state index contributed by atoms with van der Waals surface area (Å²) in [6, 6.07) is 13.7. The number of carbonyl (C=O) groups excluding carboxylic acids is 1. The van der Waals surface area contributed by atoms with E-state index in [1.54, 1.807) is 55.5 Å². The molecule has 0 aliphatic rings. The van der Waals surface area contributed by atoms with E-state index in [9.17, 15) is 13.2 Å². The highest BCUT2D eigenvalue weighted by molar-refractivity contribution is 9.10. The fraction of sp³-hybridized carbons (Fsp3) is 0.188. The summed E-state index contributed by atoms with van der Waals surface area (Å²) in [5.41, 5.74) is 6.31. The van der Waals surface area contributed by atoms with Gasteiger partial charge in [0.25, 0.3) is 10.0 Å². The number of aryl methyl sites for hydroxylation is 1. The second kappa shape index (κ2) is 7.14. The summed E-state index contributed by atoms with van der Waals surface area (Å²) in [6.07, 6.45) is -0.0544. The van der Waals surface area contributed by atoms with Gasteiger partial charge in [0.05, 0.1) is 10.6 Å². The summed E-state index contributed by atoms with van der Waals surface area (Å²) in [5.74, 6) is -0.549. The van der Waals surface area contributed by atoms with Gasteiger partial charge in [-0.3, -0.25) is 9.10 Å². The molecule has 122 valence electrons. The van der Waals surface area contributed by atoms with E-state index in [2.05, 4.69) is 15.9 Å². The number of anilines is 1. The van der Waals surface area contributed by atoms with E-state index in [1.165, 1.54) is 4.31 Å². The molecule has 23 heavy (non-hydrogen) atoms. The maximum atomic E-state index is 13.1. The molecule has 0 saturated heterocycles. The lowest BCUT2D eigenvalue weighted by Gasteiger charge is -2.25. The minimum Gasteiger partial charge on any atom is -0.370 e. The second-order valence-electron chi connectivity index (χ2n) is 5.04. The number of nitrogens with zero attached hydrogens (tertiary/aromatic N) is 1. The molecule has 2 rings (SSSR count). The summed E-state index contributed by atoms with van der Waals surface area (Å²) >= 11 is 3.30. The Morgan fingerprint density at radius 2 is 1.83 bits per heavy atom. The molecule has 0 aliphatic carbocycles. The van der Waals surface area contributed by atoms with Crippen molar-refractivity contribution in [1.29, 1.82) is 0 Å². The predicted octanol–water partition coefficient (Wildman–Crippen LogP) is 2.83. The van der Waals surface area contributed by atoms with E-state index in [1.807, 2.05) is 0 Å². The monoisotopic (exact) mass is 396 g/mol. The van der Waals surface area contributed by atoms with Gasteiger partial charge in [-0.25, -0.2) is 8.42 Å². The van der Waals surface area contributed by atoms with Gasteiger partial charge in [0.15, 0.2) is 0 Å². The number of hydrogen-bond donors (Lipinski definition) is 1. The van der Waals surface area contributed by atoms with Crippen LogP contribution in [0.4, 0.5) is 5.69 Å². The highest BCUT2D eigenvalue weighted by Crippen LogP contribution is 2.28. The van der Waals surface area contributed by atoms with Crippen molar-refractivity contribution in [3.63, 3.8) is 0 Å². The maximum absolute atomic E-state index is 13.1. The Balaban J connectivity index is 2.52. The normalized spacial score (nSPS) is 11.2. The van der Waals surface area contributed by atoms with Crippen LogP contribution in [0.25, 0.3) is 0 Å². The van der Waals surface area contributed by atoms with Crippen LogP contribution >= 0.6 is 15.9 Å². The van der Waals surface area contributed by atoms with Crippen LogP contribution in [-0.4, -0.2) is 20.9 Å². The van der Waals surface area contributed by atoms with Gasteiger partial charge in [-0.2, -0.15) is 0 Å². The lowest BCUT2D eigenvalue weighted by Crippen LogP contribution is -2.34. The molecule has 0 fully saturated rings. The zero-order valence-corrected chi connectivity index (χ0v) is 15.0. The van der Waals surface area contributed by atoms with E-state index in [0.717, 1.165) is 0 Å². The molecule has 1 amide bonds. The molecule has 5 nitrogen and oxygen atoms in total. The van der Waals surface area contributed by atoms with Crippen LogP contribution in [0.15, 0.2) is 57.9 Å². The summed E-state index contributed by atoms with van der Waals surface area (Å²) in [6.45, 7) is 1.73. The Morgan fingerprint density at radius 1 is 1.17 bits per heavy atom. The first-order valence-corrected chi connectivity index (χ1v) is 9.18. The highest BCUT2D eigenvalue weighted by atomic mass is 79.9. The molecule has 0 radical (unpaired) electrons. The maximum Gasteiger partial charge on any atom is 0.264 e. The van der Waals surface area contributed by atoms with Gasteiger partial charge in [-0.15, -0.1) is 0 Å². The van der Waals surface area contributed by atoms with Crippen LogP contribution in [0, 0.1) is 6.92 Å². The molecule has 7 heteroatoms. The van der Waals surface area contributed by atoms with Crippen molar-refractivity contribution in [1.82, 2.24) is 0 Å². The SMILES string of the molecule is Cc1ccc(Br)cc1S(=O)(=O)N(CCC(N)=O)c1ccccc1. The first-order valence-electron chi connectivity index (χ1n) is 6.94. The molecule has 0 spiro atoms. The summed E-state index contributed by atoms with van der Waals surface area (Å²) in [5, 5.41) is 0. The molecule has 2 aromatic carbocycles. The van der Waals surface area contributed by atoms with Crippen molar-refractivity contribution in [3.8, 4) is 0 Å². The minimum atomic E-state index is -3.81. The molecule has 0 heterocycles. The minimum absolute atomic E-state index is 0.00632. The standard InChI is InChI=1S/C16H17BrN2O3S/c1-12-7-8-13(17)11-15(12)23(21,22)19(10-9-16(18)20)14-5-3-2-4-6-14/h2-8,11H,9-10H2,1H3,(H2,18,20). The summed E-state index contributed by atoms with van der Waals surface area (Å²) < 4.78 is 28.0.